The third kappa shape index (κ3) is 4.98. The molecule has 0 radical (unpaired) electrons. The van der Waals surface area contributed by atoms with Gasteiger partial charge in [-0.1, -0.05) is 13.8 Å². The largest absolute Gasteiger partial charge is 0.340 e. The summed E-state index contributed by atoms with van der Waals surface area (Å²) < 4.78 is 3.55. The van der Waals surface area contributed by atoms with E-state index in [1.807, 2.05) is 17.3 Å². The molecule has 1 saturated heterocycles. The fourth-order valence-corrected chi connectivity index (χ4v) is 3.48. The minimum Gasteiger partial charge on any atom is -0.340 e. The van der Waals surface area contributed by atoms with Crippen LogP contribution in [0.4, 0.5) is 0 Å². The Labute approximate surface area is 163 Å². The molecule has 3 rings (SSSR count). The molecule has 0 saturated carbocycles. The Morgan fingerprint density at radius 3 is 2.50 bits per heavy atom. The Kier molecular flexibility index (Phi) is 6.45. The number of rotatable bonds is 7. The highest BCUT2D eigenvalue weighted by atomic mass is 16.2. The third-order valence-electron chi connectivity index (χ3n) is 5.11. The molecular formula is C19H28N6O3. The van der Waals surface area contributed by atoms with Crippen LogP contribution in [0.2, 0.25) is 0 Å². The Hall–Kier alpha value is -2.68. The summed E-state index contributed by atoms with van der Waals surface area (Å²) in [5.74, 6) is 1.54. The lowest BCUT2D eigenvalue weighted by Gasteiger charge is -2.35. The van der Waals surface area contributed by atoms with Crippen LogP contribution in [-0.2, 0) is 17.9 Å². The first kappa shape index (κ1) is 20.1. The van der Waals surface area contributed by atoms with Gasteiger partial charge in [-0.25, -0.2) is 9.78 Å². The number of piperazine rings is 1. The SMILES string of the molecule is CC(C)c1nccn1CCN1CCN(C(=O)CCn2ccc(=O)[nH]c2=O)CC1. The molecule has 0 bridgehead atoms. The van der Waals surface area contributed by atoms with E-state index in [4.69, 9.17) is 0 Å². The van der Waals surface area contributed by atoms with E-state index in [1.165, 1.54) is 16.8 Å². The number of H-pyrrole nitrogens is 1. The number of imidazole rings is 1. The van der Waals surface area contributed by atoms with Gasteiger partial charge in [0.25, 0.3) is 5.56 Å². The number of nitrogens with zero attached hydrogens (tertiary/aromatic N) is 5. The molecule has 0 unspecified atom stereocenters. The van der Waals surface area contributed by atoms with Crippen molar-refractivity contribution in [3.05, 3.63) is 51.3 Å². The number of amides is 1. The van der Waals surface area contributed by atoms with Crippen LogP contribution in [0.25, 0.3) is 0 Å². The van der Waals surface area contributed by atoms with Crippen LogP contribution in [0.3, 0.4) is 0 Å². The lowest BCUT2D eigenvalue weighted by Crippen LogP contribution is -2.49. The molecule has 0 atom stereocenters. The minimum absolute atomic E-state index is 0.0365. The number of carbonyl (C=O) groups excluding carboxylic acids is 1. The second-order valence-corrected chi connectivity index (χ2v) is 7.41. The zero-order valence-corrected chi connectivity index (χ0v) is 16.5. The van der Waals surface area contributed by atoms with Crippen LogP contribution in [-0.4, -0.2) is 67.5 Å². The van der Waals surface area contributed by atoms with Crippen LogP contribution in [0.5, 0.6) is 0 Å². The predicted octanol–water partition coefficient (Wildman–Crippen LogP) is 0.0910. The van der Waals surface area contributed by atoms with Crippen LogP contribution < -0.4 is 11.2 Å². The molecule has 2 aromatic rings. The molecule has 2 aromatic heterocycles. The van der Waals surface area contributed by atoms with E-state index in [2.05, 4.69) is 33.3 Å². The zero-order chi connectivity index (χ0) is 20.1. The fraction of sp³-hybridized carbons (Fsp3) is 0.579. The number of nitrogens with one attached hydrogen (secondary N) is 1. The third-order valence-corrected chi connectivity index (χ3v) is 5.11. The number of aromatic nitrogens is 4. The van der Waals surface area contributed by atoms with Crippen molar-refractivity contribution in [2.24, 2.45) is 0 Å². The molecule has 1 aliphatic rings. The van der Waals surface area contributed by atoms with Gasteiger partial charge in [-0.2, -0.15) is 0 Å². The highest BCUT2D eigenvalue weighted by molar-refractivity contribution is 5.76. The topological polar surface area (TPSA) is 96.2 Å². The van der Waals surface area contributed by atoms with Gasteiger partial charge in [-0.05, 0) is 0 Å². The highest BCUT2D eigenvalue weighted by Crippen LogP contribution is 2.12. The van der Waals surface area contributed by atoms with Crippen molar-refractivity contribution in [1.29, 1.82) is 0 Å². The summed E-state index contributed by atoms with van der Waals surface area (Å²) in [6, 6.07) is 1.29. The van der Waals surface area contributed by atoms with E-state index in [0.29, 0.717) is 19.0 Å². The maximum Gasteiger partial charge on any atom is 0.328 e. The first-order valence-electron chi connectivity index (χ1n) is 9.75. The van der Waals surface area contributed by atoms with E-state index in [-0.39, 0.29) is 18.9 Å². The van der Waals surface area contributed by atoms with Gasteiger partial charge in [-0.3, -0.25) is 19.5 Å². The predicted molar refractivity (Wildman–Crippen MR) is 105 cm³/mol. The maximum atomic E-state index is 12.4. The Bertz CT molecular complexity index is 905. The van der Waals surface area contributed by atoms with Gasteiger partial charge in [0.1, 0.15) is 5.82 Å². The molecule has 1 N–H and O–H groups in total. The average Bonchev–Trinajstić information content (AvgIpc) is 3.15. The van der Waals surface area contributed by atoms with Crippen molar-refractivity contribution in [3.8, 4) is 0 Å². The summed E-state index contributed by atoms with van der Waals surface area (Å²) in [4.78, 5) is 46.0. The van der Waals surface area contributed by atoms with Crippen LogP contribution in [0.15, 0.2) is 34.2 Å². The van der Waals surface area contributed by atoms with Gasteiger partial charge >= 0.3 is 5.69 Å². The average molecular weight is 388 g/mol. The number of hydrogen-bond donors (Lipinski definition) is 1. The van der Waals surface area contributed by atoms with E-state index in [1.54, 1.807) is 0 Å². The van der Waals surface area contributed by atoms with E-state index in [0.717, 1.165) is 32.0 Å². The molecule has 28 heavy (non-hydrogen) atoms. The van der Waals surface area contributed by atoms with E-state index in [9.17, 15) is 14.4 Å². The van der Waals surface area contributed by atoms with Crippen molar-refractivity contribution in [1.82, 2.24) is 28.9 Å². The zero-order valence-electron chi connectivity index (χ0n) is 16.5. The Morgan fingerprint density at radius 2 is 1.82 bits per heavy atom. The van der Waals surface area contributed by atoms with Crippen molar-refractivity contribution < 1.29 is 4.79 Å². The fourth-order valence-electron chi connectivity index (χ4n) is 3.48. The lowest BCUT2D eigenvalue weighted by atomic mass is 10.2. The molecular weight excluding hydrogens is 360 g/mol. The first-order valence-corrected chi connectivity index (χ1v) is 9.75. The maximum absolute atomic E-state index is 12.4. The van der Waals surface area contributed by atoms with Gasteiger partial charge < -0.3 is 14.0 Å². The summed E-state index contributed by atoms with van der Waals surface area (Å²) in [5.41, 5.74) is -0.912. The number of aromatic amines is 1. The molecule has 0 aromatic carbocycles. The highest BCUT2D eigenvalue weighted by Gasteiger charge is 2.21. The molecule has 9 nitrogen and oxygen atoms in total. The van der Waals surface area contributed by atoms with E-state index < -0.39 is 11.2 Å². The Balaban J connectivity index is 1.43. The summed E-state index contributed by atoms with van der Waals surface area (Å²) in [5, 5.41) is 0. The second-order valence-electron chi connectivity index (χ2n) is 7.41. The summed E-state index contributed by atoms with van der Waals surface area (Å²) in [6.45, 7) is 9.47. The van der Waals surface area contributed by atoms with Crippen LogP contribution in [0.1, 0.15) is 32.0 Å². The molecule has 152 valence electrons. The van der Waals surface area contributed by atoms with E-state index >= 15 is 0 Å². The van der Waals surface area contributed by atoms with Gasteiger partial charge in [0.2, 0.25) is 5.91 Å². The summed E-state index contributed by atoms with van der Waals surface area (Å²) >= 11 is 0. The quantitative estimate of drug-likeness (QED) is 0.725. The van der Waals surface area contributed by atoms with Crippen molar-refractivity contribution in [3.63, 3.8) is 0 Å². The molecule has 1 aliphatic heterocycles. The molecule has 3 heterocycles. The summed E-state index contributed by atoms with van der Waals surface area (Å²) in [6.07, 6.45) is 5.54. The van der Waals surface area contributed by atoms with Gasteiger partial charge in [0.15, 0.2) is 0 Å². The lowest BCUT2D eigenvalue weighted by molar-refractivity contribution is -0.133. The van der Waals surface area contributed by atoms with Gasteiger partial charge in [-0.15, -0.1) is 0 Å². The van der Waals surface area contributed by atoms with Gasteiger partial charge in [0.05, 0.1) is 0 Å². The van der Waals surface area contributed by atoms with Crippen molar-refractivity contribution >= 4 is 5.91 Å². The molecule has 9 heteroatoms. The monoisotopic (exact) mass is 388 g/mol. The molecule has 0 aliphatic carbocycles. The standard InChI is InChI=1S/C19H28N6O3/c1-15(2)18-20-5-8-24(18)14-11-22-9-12-23(13-10-22)17(27)4-7-25-6-3-16(26)21-19(25)28/h3,5-6,8,15H,4,7,9-14H2,1-2H3,(H,21,26,28). The number of hydrogen-bond acceptors (Lipinski definition) is 5. The van der Waals surface area contributed by atoms with Gasteiger partial charge in [0, 0.05) is 82.8 Å². The van der Waals surface area contributed by atoms with Crippen LogP contribution >= 0.6 is 0 Å². The normalized spacial score (nSPS) is 15.3. The molecule has 1 amide bonds. The Morgan fingerprint density at radius 1 is 1.07 bits per heavy atom. The molecule has 0 spiro atoms. The summed E-state index contributed by atoms with van der Waals surface area (Å²) in [7, 11) is 0. The molecule has 1 fully saturated rings. The first-order chi connectivity index (χ1) is 13.4. The van der Waals surface area contributed by atoms with Crippen molar-refractivity contribution in [2.45, 2.75) is 39.3 Å². The van der Waals surface area contributed by atoms with Crippen LogP contribution in [0, 0.1) is 0 Å². The smallest absolute Gasteiger partial charge is 0.328 e. The second kappa shape index (κ2) is 9.01. The van der Waals surface area contributed by atoms with Crippen molar-refractivity contribution in [2.75, 3.05) is 32.7 Å². The minimum atomic E-state index is -0.481. The number of carbonyl (C=O) groups is 1. The number of aryl methyl sites for hydroxylation is 1.